The van der Waals surface area contributed by atoms with Gasteiger partial charge >= 0.3 is 12.5 Å². The number of rotatable bonds is 6. The summed E-state index contributed by atoms with van der Waals surface area (Å²) in [6.07, 6.45) is -1.48. The molecular weight excluding hydrogens is 472 g/mol. The van der Waals surface area contributed by atoms with E-state index in [-0.39, 0.29) is 42.6 Å². The van der Waals surface area contributed by atoms with Crippen LogP contribution in [0.15, 0.2) is 57.9 Å². The highest BCUT2D eigenvalue weighted by molar-refractivity contribution is 7.91. The van der Waals surface area contributed by atoms with Crippen LogP contribution in [0, 0.1) is 0 Å². The lowest BCUT2D eigenvalue weighted by Crippen LogP contribution is -2.49. The summed E-state index contributed by atoms with van der Waals surface area (Å²) in [5.74, 6) is -1.23. The molecule has 2 aromatic heterocycles. The summed E-state index contributed by atoms with van der Waals surface area (Å²) in [5, 5.41) is 9.67. The van der Waals surface area contributed by atoms with Gasteiger partial charge in [-0.1, -0.05) is 30.3 Å². The molecule has 1 saturated heterocycles. The van der Waals surface area contributed by atoms with Crippen LogP contribution in [-0.2, 0) is 16.4 Å². The van der Waals surface area contributed by atoms with Gasteiger partial charge in [0.25, 0.3) is 11.4 Å². The van der Waals surface area contributed by atoms with Crippen molar-refractivity contribution in [3.8, 4) is 11.5 Å². The van der Waals surface area contributed by atoms with Gasteiger partial charge in [0.15, 0.2) is 9.84 Å². The van der Waals surface area contributed by atoms with Crippen LogP contribution < -0.4 is 10.9 Å². The van der Waals surface area contributed by atoms with Gasteiger partial charge in [0.05, 0.1) is 24.1 Å². The summed E-state index contributed by atoms with van der Waals surface area (Å²) in [4.78, 5) is 27.0. The van der Waals surface area contributed by atoms with Gasteiger partial charge in [-0.3, -0.25) is 4.79 Å². The zero-order valence-electron chi connectivity index (χ0n) is 17.8. The molecule has 13 heteroatoms. The predicted octanol–water partition coefficient (Wildman–Crippen LogP) is 2.02. The largest absolute Gasteiger partial charge is 0.415 e. The van der Waals surface area contributed by atoms with Crippen LogP contribution in [0.1, 0.15) is 23.9 Å². The first-order chi connectivity index (χ1) is 16.2. The Kier molecular flexibility index (Phi) is 6.72. The van der Waals surface area contributed by atoms with Crippen molar-refractivity contribution in [3.05, 3.63) is 70.5 Å². The minimum absolute atomic E-state index is 0.0765. The molecule has 10 nitrogen and oxygen atoms in total. The molecule has 1 aromatic carbocycles. The van der Waals surface area contributed by atoms with Gasteiger partial charge in [-0.25, -0.2) is 13.2 Å². The Labute approximate surface area is 193 Å². The molecule has 1 fully saturated rings. The van der Waals surface area contributed by atoms with Gasteiger partial charge in [0.1, 0.15) is 0 Å². The summed E-state index contributed by atoms with van der Waals surface area (Å²) >= 11 is 0. The van der Waals surface area contributed by atoms with Crippen molar-refractivity contribution in [2.45, 2.75) is 19.0 Å². The number of alkyl halides is 2. The number of nitrogens with one attached hydrogen (secondary N) is 1. The molecular formula is C21H21F2N5O5S. The second-order valence-electron chi connectivity index (χ2n) is 7.70. The van der Waals surface area contributed by atoms with Gasteiger partial charge < -0.3 is 19.2 Å². The lowest BCUT2D eigenvalue weighted by molar-refractivity contribution is 0.116. The maximum absolute atomic E-state index is 12.8. The Morgan fingerprint density at radius 3 is 2.44 bits per heavy atom. The van der Waals surface area contributed by atoms with Crippen LogP contribution in [0.3, 0.4) is 0 Å². The third-order valence-corrected chi connectivity index (χ3v) is 6.99. The number of benzene rings is 1. The Balaban J connectivity index is 1.53. The first-order valence-electron chi connectivity index (χ1n) is 10.3. The lowest BCUT2D eigenvalue weighted by atomic mass is 10.1. The molecule has 1 atom stereocenters. The minimum Gasteiger partial charge on any atom is -0.415 e. The maximum atomic E-state index is 12.8. The number of aromatic nitrogens is 3. The summed E-state index contributed by atoms with van der Waals surface area (Å²) in [7, 11) is -3.14. The van der Waals surface area contributed by atoms with Crippen LogP contribution in [0.2, 0.25) is 0 Å². The standard InChI is InChI=1S/C21H21F2N5O5S/c22-18(23)20-26-25-19(33-20)15-6-7-28(17(29)12-15)13-16(14-4-2-1-3-5-14)24-21(30)27-8-10-34(31,32)11-9-27/h1-7,12,16,18H,8-11,13H2,(H,24,30)/t16-/m0/s1. The zero-order valence-corrected chi connectivity index (χ0v) is 18.6. The molecule has 0 unspecified atom stereocenters. The molecule has 0 aliphatic carbocycles. The van der Waals surface area contributed by atoms with Crippen LogP contribution in [0.5, 0.6) is 0 Å². The SMILES string of the molecule is O=C(N[C@@H](Cn1ccc(-c2nnc(C(F)F)o2)cc1=O)c1ccccc1)N1CCS(=O)(=O)CC1. The fourth-order valence-corrected chi connectivity index (χ4v) is 4.70. The number of sulfone groups is 1. The van der Waals surface area contributed by atoms with E-state index in [1.165, 1.54) is 27.8 Å². The molecule has 34 heavy (non-hydrogen) atoms. The normalized spacial score (nSPS) is 16.4. The van der Waals surface area contributed by atoms with Crippen molar-refractivity contribution in [2.75, 3.05) is 24.6 Å². The average Bonchev–Trinajstić information content (AvgIpc) is 3.31. The van der Waals surface area contributed by atoms with E-state index < -0.39 is 39.8 Å². The Morgan fingerprint density at radius 1 is 1.12 bits per heavy atom. The first kappa shape index (κ1) is 23.5. The Morgan fingerprint density at radius 2 is 1.82 bits per heavy atom. The van der Waals surface area contributed by atoms with Crippen molar-refractivity contribution in [1.82, 2.24) is 25.0 Å². The maximum Gasteiger partial charge on any atom is 0.318 e. The van der Waals surface area contributed by atoms with Crippen molar-refractivity contribution in [1.29, 1.82) is 0 Å². The molecule has 4 rings (SSSR count). The number of pyridine rings is 1. The highest BCUT2D eigenvalue weighted by Gasteiger charge is 2.27. The van der Waals surface area contributed by atoms with Crippen molar-refractivity contribution in [2.24, 2.45) is 0 Å². The smallest absolute Gasteiger partial charge is 0.318 e. The zero-order chi connectivity index (χ0) is 24.3. The third kappa shape index (κ3) is 5.47. The van der Waals surface area contributed by atoms with Crippen LogP contribution in [0.25, 0.3) is 11.5 Å². The molecule has 2 amide bonds. The Bertz CT molecular complexity index is 1310. The highest BCUT2D eigenvalue weighted by Crippen LogP contribution is 2.22. The highest BCUT2D eigenvalue weighted by atomic mass is 32.2. The summed E-state index contributed by atoms with van der Waals surface area (Å²) in [6.45, 7) is 0.261. The van der Waals surface area contributed by atoms with E-state index in [4.69, 9.17) is 4.42 Å². The Hall–Kier alpha value is -3.61. The van der Waals surface area contributed by atoms with Crippen molar-refractivity contribution < 1.29 is 26.4 Å². The lowest BCUT2D eigenvalue weighted by Gasteiger charge is -2.29. The first-order valence-corrected chi connectivity index (χ1v) is 12.2. The van der Waals surface area contributed by atoms with Gasteiger partial charge in [-0.05, 0) is 11.6 Å². The molecule has 0 bridgehead atoms. The number of halogens is 2. The van der Waals surface area contributed by atoms with Crippen LogP contribution >= 0.6 is 0 Å². The monoisotopic (exact) mass is 493 g/mol. The quantitative estimate of drug-likeness (QED) is 0.556. The van der Waals surface area contributed by atoms with E-state index in [0.29, 0.717) is 0 Å². The number of carbonyl (C=O) groups is 1. The van der Waals surface area contributed by atoms with Crippen molar-refractivity contribution >= 4 is 15.9 Å². The van der Waals surface area contributed by atoms with E-state index in [0.717, 1.165) is 5.56 Å². The number of urea groups is 1. The third-order valence-electron chi connectivity index (χ3n) is 5.38. The molecule has 0 saturated carbocycles. The molecule has 180 valence electrons. The number of carbonyl (C=O) groups excluding carboxylic acids is 1. The summed E-state index contributed by atoms with van der Waals surface area (Å²) < 4.78 is 54.9. The topological polar surface area (TPSA) is 127 Å². The molecule has 1 aliphatic heterocycles. The van der Waals surface area contributed by atoms with E-state index in [2.05, 4.69) is 15.5 Å². The van der Waals surface area contributed by atoms with E-state index >= 15 is 0 Å². The second kappa shape index (κ2) is 9.71. The van der Waals surface area contributed by atoms with Crippen LogP contribution in [0.4, 0.5) is 13.6 Å². The summed E-state index contributed by atoms with van der Waals surface area (Å²) in [5.41, 5.74) is 0.471. The van der Waals surface area contributed by atoms with Gasteiger partial charge in [0.2, 0.25) is 5.89 Å². The van der Waals surface area contributed by atoms with E-state index in [9.17, 15) is 26.8 Å². The number of hydrogen-bond acceptors (Lipinski definition) is 7. The molecule has 3 heterocycles. The molecule has 3 aromatic rings. The molecule has 0 radical (unpaired) electrons. The fourth-order valence-electron chi connectivity index (χ4n) is 3.50. The molecule has 1 aliphatic rings. The second-order valence-corrected chi connectivity index (χ2v) is 10.0. The fraction of sp³-hybridized carbons (Fsp3) is 0.333. The summed E-state index contributed by atoms with van der Waals surface area (Å²) in [6, 6.07) is 10.6. The van der Waals surface area contributed by atoms with Crippen molar-refractivity contribution in [3.63, 3.8) is 0 Å². The van der Waals surface area contributed by atoms with Gasteiger partial charge in [0, 0.05) is 30.9 Å². The number of amides is 2. The molecule has 0 spiro atoms. The van der Waals surface area contributed by atoms with E-state index in [1.807, 2.05) is 6.07 Å². The predicted molar refractivity (Wildman–Crippen MR) is 117 cm³/mol. The van der Waals surface area contributed by atoms with E-state index in [1.54, 1.807) is 24.3 Å². The number of nitrogens with zero attached hydrogens (tertiary/aromatic N) is 4. The van der Waals surface area contributed by atoms with Gasteiger partial charge in [-0.2, -0.15) is 8.78 Å². The minimum atomic E-state index is -3.14. The average molecular weight is 493 g/mol. The molecule has 1 N–H and O–H groups in total. The van der Waals surface area contributed by atoms with Crippen LogP contribution in [-0.4, -0.2) is 58.7 Å². The van der Waals surface area contributed by atoms with Gasteiger partial charge in [-0.15, -0.1) is 10.2 Å². The number of hydrogen-bond donors (Lipinski definition) is 1.